The first-order chi connectivity index (χ1) is 14.1. The molecule has 0 unspecified atom stereocenters. The predicted octanol–water partition coefficient (Wildman–Crippen LogP) is 5.35. The standard InChI is InChI=1S/C22H24N2O4S/c1-4-26-17-9-11-18(12-10-17)27-21-8-6-5-7-20(21)23-22(25)14-29-13-19-15(2)24-28-16(19)3/h5-12H,4,13-14H2,1-3H3,(H,23,25). The lowest BCUT2D eigenvalue weighted by atomic mass is 10.2. The van der Waals surface area contributed by atoms with Crippen molar-refractivity contribution in [1.29, 1.82) is 0 Å². The van der Waals surface area contributed by atoms with E-state index in [2.05, 4.69) is 10.5 Å². The lowest BCUT2D eigenvalue weighted by molar-refractivity contribution is -0.113. The number of hydrogen-bond donors (Lipinski definition) is 1. The number of aryl methyl sites for hydroxylation is 2. The zero-order valence-corrected chi connectivity index (χ0v) is 17.5. The van der Waals surface area contributed by atoms with E-state index in [-0.39, 0.29) is 5.91 Å². The molecule has 1 N–H and O–H groups in total. The molecule has 152 valence electrons. The van der Waals surface area contributed by atoms with Crippen LogP contribution in [0, 0.1) is 13.8 Å². The zero-order chi connectivity index (χ0) is 20.6. The second-order valence-corrected chi connectivity index (χ2v) is 7.33. The van der Waals surface area contributed by atoms with Crippen LogP contribution in [0.15, 0.2) is 53.1 Å². The Morgan fingerprint density at radius 1 is 1.10 bits per heavy atom. The number of amides is 1. The van der Waals surface area contributed by atoms with Gasteiger partial charge in [0.05, 0.1) is 23.7 Å². The fraction of sp³-hybridized carbons (Fsp3) is 0.273. The Kier molecular flexibility index (Phi) is 7.19. The van der Waals surface area contributed by atoms with Crippen LogP contribution in [0.1, 0.15) is 23.9 Å². The molecule has 0 radical (unpaired) electrons. The molecule has 0 aliphatic heterocycles. The van der Waals surface area contributed by atoms with Gasteiger partial charge in [0.25, 0.3) is 0 Å². The van der Waals surface area contributed by atoms with Crippen LogP contribution in [0.2, 0.25) is 0 Å². The van der Waals surface area contributed by atoms with E-state index in [1.165, 1.54) is 11.8 Å². The van der Waals surface area contributed by atoms with Gasteiger partial charge in [-0.3, -0.25) is 4.79 Å². The molecular weight excluding hydrogens is 388 g/mol. The van der Waals surface area contributed by atoms with Crippen LogP contribution in [0.4, 0.5) is 5.69 Å². The molecule has 29 heavy (non-hydrogen) atoms. The molecule has 7 heteroatoms. The summed E-state index contributed by atoms with van der Waals surface area (Å²) in [7, 11) is 0. The molecular formula is C22H24N2O4S. The van der Waals surface area contributed by atoms with Gasteiger partial charge in [0, 0.05) is 11.3 Å². The summed E-state index contributed by atoms with van der Waals surface area (Å²) >= 11 is 1.52. The Hall–Kier alpha value is -2.93. The molecule has 1 amide bonds. The highest BCUT2D eigenvalue weighted by Crippen LogP contribution is 2.30. The summed E-state index contributed by atoms with van der Waals surface area (Å²) in [6, 6.07) is 14.7. The molecule has 0 bridgehead atoms. The molecule has 1 aromatic heterocycles. The van der Waals surface area contributed by atoms with Gasteiger partial charge in [-0.15, -0.1) is 11.8 Å². The van der Waals surface area contributed by atoms with Crippen molar-refractivity contribution in [1.82, 2.24) is 5.16 Å². The molecule has 2 aromatic carbocycles. The minimum absolute atomic E-state index is 0.0931. The van der Waals surface area contributed by atoms with Crippen molar-refractivity contribution < 1.29 is 18.8 Å². The largest absolute Gasteiger partial charge is 0.494 e. The monoisotopic (exact) mass is 412 g/mol. The first-order valence-electron chi connectivity index (χ1n) is 9.36. The van der Waals surface area contributed by atoms with Crippen LogP contribution >= 0.6 is 11.8 Å². The molecule has 0 aliphatic rings. The maximum Gasteiger partial charge on any atom is 0.234 e. The molecule has 0 aliphatic carbocycles. The highest BCUT2D eigenvalue weighted by molar-refractivity contribution is 7.99. The van der Waals surface area contributed by atoms with Gasteiger partial charge in [-0.1, -0.05) is 17.3 Å². The molecule has 3 rings (SSSR count). The summed E-state index contributed by atoms with van der Waals surface area (Å²) in [5, 5.41) is 6.86. The van der Waals surface area contributed by atoms with Gasteiger partial charge >= 0.3 is 0 Å². The summed E-state index contributed by atoms with van der Waals surface area (Å²) in [5.74, 6) is 3.75. The van der Waals surface area contributed by atoms with Crippen molar-refractivity contribution >= 4 is 23.4 Å². The summed E-state index contributed by atoms with van der Waals surface area (Å²) in [5.41, 5.74) is 2.54. The van der Waals surface area contributed by atoms with Crippen LogP contribution in [0.25, 0.3) is 0 Å². The second kappa shape index (κ2) is 10.0. The van der Waals surface area contributed by atoms with Crippen LogP contribution in [-0.2, 0) is 10.5 Å². The number of anilines is 1. The smallest absolute Gasteiger partial charge is 0.234 e. The maximum atomic E-state index is 12.4. The second-order valence-electron chi connectivity index (χ2n) is 6.35. The van der Waals surface area contributed by atoms with Gasteiger partial charge in [0.15, 0.2) is 5.75 Å². The fourth-order valence-electron chi connectivity index (χ4n) is 2.70. The van der Waals surface area contributed by atoms with Gasteiger partial charge in [0.2, 0.25) is 5.91 Å². The Morgan fingerprint density at radius 2 is 1.83 bits per heavy atom. The summed E-state index contributed by atoms with van der Waals surface area (Å²) in [6.07, 6.45) is 0. The van der Waals surface area contributed by atoms with Crippen molar-refractivity contribution in [2.24, 2.45) is 0 Å². The number of carbonyl (C=O) groups excluding carboxylic acids is 1. The van der Waals surface area contributed by atoms with Gasteiger partial charge in [-0.05, 0) is 57.2 Å². The Morgan fingerprint density at radius 3 is 2.52 bits per heavy atom. The van der Waals surface area contributed by atoms with E-state index >= 15 is 0 Å². The average molecular weight is 413 g/mol. The van der Waals surface area contributed by atoms with E-state index in [0.29, 0.717) is 35.3 Å². The number of rotatable bonds is 9. The quantitative estimate of drug-likeness (QED) is 0.510. The van der Waals surface area contributed by atoms with Crippen molar-refractivity contribution in [3.8, 4) is 17.2 Å². The Balaban J connectivity index is 1.57. The van der Waals surface area contributed by atoms with Gasteiger partial charge in [0.1, 0.15) is 17.3 Å². The molecule has 6 nitrogen and oxygen atoms in total. The normalized spacial score (nSPS) is 10.6. The molecule has 0 atom stereocenters. The van der Waals surface area contributed by atoms with Crippen LogP contribution < -0.4 is 14.8 Å². The minimum Gasteiger partial charge on any atom is -0.494 e. The van der Waals surface area contributed by atoms with E-state index < -0.39 is 0 Å². The minimum atomic E-state index is -0.0931. The molecule has 0 saturated carbocycles. The van der Waals surface area contributed by atoms with E-state index in [9.17, 15) is 4.79 Å². The zero-order valence-electron chi connectivity index (χ0n) is 16.7. The lowest BCUT2D eigenvalue weighted by Crippen LogP contribution is -2.14. The fourth-order valence-corrected chi connectivity index (χ4v) is 3.67. The van der Waals surface area contributed by atoms with E-state index in [4.69, 9.17) is 14.0 Å². The average Bonchev–Trinajstić information content (AvgIpc) is 3.03. The number of para-hydroxylation sites is 2. The maximum absolute atomic E-state index is 12.4. The number of ether oxygens (including phenoxy) is 2. The third-order valence-corrected chi connectivity index (χ3v) is 5.14. The molecule has 0 saturated heterocycles. The molecule has 0 spiro atoms. The SMILES string of the molecule is CCOc1ccc(Oc2ccccc2NC(=O)CSCc2c(C)noc2C)cc1. The first-order valence-corrected chi connectivity index (χ1v) is 10.5. The number of thioether (sulfide) groups is 1. The van der Waals surface area contributed by atoms with Crippen molar-refractivity contribution in [3.05, 3.63) is 65.5 Å². The summed E-state index contributed by atoms with van der Waals surface area (Å²) < 4.78 is 16.5. The van der Waals surface area contributed by atoms with Gasteiger partial charge in [-0.2, -0.15) is 0 Å². The van der Waals surface area contributed by atoms with E-state index in [1.807, 2.05) is 69.3 Å². The first kappa shape index (κ1) is 20.8. The number of nitrogens with zero attached hydrogens (tertiary/aromatic N) is 1. The van der Waals surface area contributed by atoms with Crippen molar-refractivity contribution in [2.45, 2.75) is 26.5 Å². The van der Waals surface area contributed by atoms with E-state index in [1.54, 1.807) is 0 Å². The molecule has 1 heterocycles. The number of aromatic nitrogens is 1. The van der Waals surface area contributed by atoms with Crippen molar-refractivity contribution in [3.63, 3.8) is 0 Å². The third-order valence-electron chi connectivity index (χ3n) is 4.18. The number of benzene rings is 2. The highest BCUT2D eigenvalue weighted by atomic mass is 32.2. The Labute approximate surface area is 174 Å². The predicted molar refractivity (Wildman–Crippen MR) is 115 cm³/mol. The highest BCUT2D eigenvalue weighted by Gasteiger charge is 2.12. The number of carbonyl (C=O) groups is 1. The van der Waals surface area contributed by atoms with Gasteiger partial charge in [-0.25, -0.2) is 0 Å². The summed E-state index contributed by atoms with van der Waals surface area (Å²) in [6.45, 7) is 6.34. The lowest BCUT2D eigenvalue weighted by Gasteiger charge is -2.12. The number of hydrogen-bond acceptors (Lipinski definition) is 6. The third kappa shape index (κ3) is 5.77. The van der Waals surface area contributed by atoms with Gasteiger partial charge < -0.3 is 19.3 Å². The van der Waals surface area contributed by atoms with Crippen molar-refractivity contribution in [2.75, 3.05) is 17.7 Å². The van der Waals surface area contributed by atoms with Crippen LogP contribution in [0.5, 0.6) is 17.2 Å². The summed E-state index contributed by atoms with van der Waals surface area (Å²) in [4.78, 5) is 12.4. The molecule has 3 aromatic rings. The number of nitrogens with one attached hydrogen (secondary N) is 1. The van der Waals surface area contributed by atoms with Crippen LogP contribution in [-0.4, -0.2) is 23.4 Å². The van der Waals surface area contributed by atoms with E-state index in [0.717, 1.165) is 22.8 Å². The molecule has 0 fully saturated rings. The Bertz CT molecular complexity index is 934. The van der Waals surface area contributed by atoms with Crippen LogP contribution in [0.3, 0.4) is 0 Å². The topological polar surface area (TPSA) is 73.6 Å².